The molecule has 0 bridgehead atoms. The third-order valence-electron chi connectivity index (χ3n) is 5.63. The Balaban J connectivity index is 2.10. The van der Waals surface area contributed by atoms with Gasteiger partial charge in [-0.2, -0.15) is 4.98 Å². The van der Waals surface area contributed by atoms with E-state index >= 15 is 0 Å². The van der Waals surface area contributed by atoms with Crippen molar-refractivity contribution in [3.05, 3.63) is 79.6 Å². The summed E-state index contributed by atoms with van der Waals surface area (Å²) in [6.07, 6.45) is -0.0598. The molecule has 1 heterocycles. The summed E-state index contributed by atoms with van der Waals surface area (Å²) in [5.41, 5.74) is 0.860. The minimum Gasteiger partial charge on any atom is -0.489 e. The third-order valence-corrected chi connectivity index (χ3v) is 5.93. The largest absolute Gasteiger partial charge is 0.489 e. The van der Waals surface area contributed by atoms with Crippen LogP contribution in [0.2, 0.25) is 5.02 Å². The molecule has 0 fully saturated rings. The molecular weight excluding hydrogens is 472 g/mol. The zero-order valence-corrected chi connectivity index (χ0v) is 21.0. The number of aromatic nitrogens is 3. The summed E-state index contributed by atoms with van der Waals surface area (Å²) < 4.78 is 7.84. The van der Waals surface area contributed by atoms with Crippen molar-refractivity contribution in [1.29, 1.82) is 0 Å². The number of halogens is 1. The lowest BCUT2D eigenvalue weighted by Crippen LogP contribution is -2.46. The Morgan fingerprint density at radius 2 is 1.77 bits per heavy atom. The molecule has 0 saturated heterocycles. The van der Waals surface area contributed by atoms with E-state index in [1.54, 1.807) is 18.2 Å². The highest BCUT2D eigenvalue weighted by Crippen LogP contribution is 2.29. The van der Waals surface area contributed by atoms with Crippen molar-refractivity contribution in [2.75, 3.05) is 5.32 Å². The fourth-order valence-corrected chi connectivity index (χ4v) is 3.68. The topological polar surface area (TPSA) is 115 Å². The van der Waals surface area contributed by atoms with E-state index in [0.29, 0.717) is 16.5 Å². The molecule has 0 amide bonds. The van der Waals surface area contributed by atoms with Crippen molar-refractivity contribution < 1.29 is 14.6 Å². The Morgan fingerprint density at radius 3 is 2.34 bits per heavy atom. The molecule has 0 radical (unpaired) electrons. The van der Waals surface area contributed by atoms with Gasteiger partial charge in [0, 0.05) is 5.69 Å². The van der Waals surface area contributed by atoms with Gasteiger partial charge in [-0.05, 0) is 58.4 Å². The second kappa shape index (κ2) is 10.8. The lowest BCUT2D eigenvalue weighted by Gasteiger charge is -2.21. The van der Waals surface area contributed by atoms with E-state index in [1.165, 1.54) is 18.4 Å². The van der Waals surface area contributed by atoms with Crippen LogP contribution in [0.15, 0.2) is 52.1 Å². The van der Waals surface area contributed by atoms with Gasteiger partial charge in [0.05, 0.1) is 29.6 Å². The zero-order valence-electron chi connectivity index (χ0n) is 20.3. The van der Waals surface area contributed by atoms with E-state index in [2.05, 4.69) is 10.3 Å². The van der Waals surface area contributed by atoms with Gasteiger partial charge in [0.15, 0.2) is 0 Å². The highest BCUT2D eigenvalue weighted by molar-refractivity contribution is 6.32. The standard InChI is InChI=1S/C25H29ClN4O5/c1-14(2)35-21-11-10-19(12-20(21)26)27-23-28-24(33)30(17(5)16(4)22(31)32)25(34)29(23)13-18-8-6-15(3)7-9-18/h6-12,14,16-17H,13H2,1-5H3,(H,31,32)(H,27,28,33)/t16-,17+/m0/s1. The average Bonchev–Trinajstić information content (AvgIpc) is 2.78. The van der Waals surface area contributed by atoms with E-state index in [-0.39, 0.29) is 18.6 Å². The van der Waals surface area contributed by atoms with Gasteiger partial charge >= 0.3 is 17.3 Å². The molecule has 9 nitrogen and oxygen atoms in total. The number of nitrogens with zero attached hydrogens (tertiary/aromatic N) is 3. The second-order valence-corrected chi connectivity index (χ2v) is 9.15. The quantitative estimate of drug-likeness (QED) is 0.451. The fraction of sp³-hybridized carbons (Fsp3) is 0.360. The molecule has 2 aromatic carbocycles. The van der Waals surface area contributed by atoms with Gasteiger partial charge in [-0.25, -0.2) is 14.2 Å². The Morgan fingerprint density at radius 1 is 1.11 bits per heavy atom. The van der Waals surface area contributed by atoms with Crippen LogP contribution in [0.5, 0.6) is 5.75 Å². The molecule has 0 saturated carbocycles. The van der Waals surface area contributed by atoms with Crippen molar-refractivity contribution in [3.8, 4) is 5.75 Å². The first-order chi connectivity index (χ1) is 16.5. The highest BCUT2D eigenvalue weighted by Gasteiger charge is 2.26. The number of hydrogen-bond acceptors (Lipinski definition) is 6. The number of ether oxygens (including phenoxy) is 1. The van der Waals surface area contributed by atoms with Gasteiger partial charge < -0.3 is 15.2 Å². The monoisotopic (exact) mass is 500 g/mol. The molecule has 3 aromatic rings. The van der Waals surface area contributed by atoms with Crippen molar-refractivity contribution in [2.45, 2.75) is 53.3 Å². The molecule has 186 valence electrons. The SMILES string of the molecule is Cc1ccc(Cn2c(Nc3ccc(OC(C)C)c(Cl)c3)nc(=O)n([C@H](C)[C@H](C)C(=O)O)c2=O)cc1. The van der Waals surface area contributed by atoms with Crippen LogP contribution in [0.3, 0.4) is 0 Å². The number of aliphatic carboxylic acids is 1. The average molecular weight is 501 g/mol. The molecule has 10 heteroatoms. The fourth-order valence-electron chi connectivity index (χ4n) is 3.46. The predicted molar refractivity (Wildman–Crippen MR) is 135 cm³/mol. The summed E-state index contributed by atoms with van der Waals surface area (Å²) in [4.78, 5) is 42.0. The lowest BCUT2D eigenvalue weighted by atomic mass is 10.0. The van der Waals surface area contributed by atoms with Gasteiger partial charge in [0.2, 0.25) is 5.95 Å². The number of carboxylic acid groups (broad SMARTS) is 1. The Hall–Kier alpha value is -3.59. The van der Waals surface area contributed by atoms with Gasteiger partial charge in [-0.3, -0.25) is 9.36 Å². The third kappa shape index (κ3) is 6.10. The Kier molecular flexibility index (Phi) is 8.01. The van der Waals surface area contributed by atoms with Crippen LogP contribution in [0.1, 0.15) is 44.9 Å². The van der Waals surface area contributed by atoms with Crippen molar-refractivity contribution in [2.24, 2.45) is 5.92 Å². The molecule has 1 aromatic heterocycles. The van der Waals surface area contributed by atoms with Gasteiger partial charge in [-0.1, -0.05) is 41.4 Å². The van der Waals surface area contributed by atoms with Gasteiger partial charge in [0.25, 0.3) is 0 Å². The van der Waals surface area contributed by atoms with E-state index in [4.69, 9.17) is 16.3 Å². The van der Waals surface area contributed by atoms with E-state index in [9.17, 15) is 19.5 Å². The molecule has 35 heavy (non-hydrogen) atoms. The molecule has 2 N–H and O–H groups in total. The molecule has 0 spiro atoms. The van der Waals surface area contributed by atoms with Crippen LogP contribution in [0.25, 0.3) is 0 Å². The maximum Gasteiger partial charge on any atom is 0.355 e. The molecular formula is C25H29ClN4O5. The highest BCUT2D eigenvalue weighted by atomic mass is 35.5. The zero-order chi connectivity index (χ0) is 25.9. The number of carboxylic acids is 1. The first kappa shape index (κ1) is 26.0. The van der Waals surface area contributed by atoms with E-state index < -0.39 is 29.3 Å². The van der Waals surface area contributed by atoms with Gasteiger partial charge in [-0.15, -0.1) is 0 Å². The minimum atomic E-state index is -1.12. The maximum absolute atomic E-state index is 13.5. The summed E-state index contributed by atoms with van der Waals surface area (Å²) in [7, 11) is 0. The molecule has 0 aliphatic carbocycles. The van der Waals surface area contributed by atoms with Crippen LogP contribution in [0.4, 0.5) is 11.6 Å². The van der Waals surface area contributed by atoms with Crippen LogP contribution in [-0.4, -0.2) is 31.3 Å². The number of nitrogens with one attached hydrogen (secondary N) is 1. The second-order valence-electron chi connectivity index (χ2n) is 8.75. The Labute approximate surface area is 208 Å². The number of anilines is 2. The normalized spacial score (nSPS) is 12.9. The smallest absolute Gasteiger partial charge is 0.355 e. The Bertz CT molecular complexity index is 1330. The molecule has 0 aliphatic heterocycles. The maximum atomic E-state index is 13.5. The molecule has 0 unspecified atom stereocenters. The van der Waals surface area contributed by atoms with Crippen LogP contribution < -0.4 is 21.4 Å². The molecule has 3 rings (SSSR count). The summed E-state index contributed by atoms with van der Waals surface area (Å²) in [6.45, 7) is 8.80. The number of hydrogen-bond donors (Lipinski definition) is 2. The number of aryl methyl sites for hydroxylation is 1. The summed E-state index contributed by atoms with van der Waals surface area (Å²) in [5, 5.41) is 12.8. The lowest BCUT2D eigenvalue weighted by molar-refractivity contribution is -0.142. The number of carbonyl (C=O) groups is 1. The summed E-state index contributed by atoms with van der Waals surface area (Å²) in [6, 6.07) is 11.7. The van der Waals surface area contributed by atoms with Crippen LogP contribution >= 0.6 is 11.6 Å². The number of benzene rings is 2. The molecule has 0 aliphatic rings. The number of rotatable bonds is 9. The van der Waals surface area contributed by atoms with Gasteiger partial charge in [0.1, 0.15) is 5.75 Å². The summed E-state index contributed by atoms with van der Waals surface area (Å²) in [5.74, 6) is -1.57. The summed E-state index contributed by atoms with van der Waals surface area (Å²) >= 11 is 6.34. The predicted octanol–water partition coefficient (Wildman–Crippen LogP) is 4.23. The van der Waals surface area contributed by atoms with E-state index in [0.717, 1.165) is 15.7 Å². The van der Waals surface area contributed by atoms with Crippen molar-refractivity contribution in [1.82, 2.24) is 14.1 Å². The van der Waals surface area contributed by atoms with Crippen LogP contribution in [0, 0.1) is 12.8 Å². The van der Waals surface area contributed by atoms with Crippen molar-refractivity contribution in [3.63, 3.8) is 0 Å². The van der Waals surface area contributed by atoms with E-state index in [1.807, 2.05) is 45.0 Å². The first-order valence-corrected chi connectivity index (χ1v) is 11.6. The van der Waals surface area contributed by atoms with Crippen LogP contribution in [-0.2, 0) is 11.3 Å². The molecule has 2 atom stereocenters. The first-order valence-electron chi connectivity index (χ1n) is 11.2. The van der Waals surface area contributed by atoms with Crippen molar-refractivity contribution >= 4 is 29.2 Å². The minimum absolute atomic E-state index is 0.0144.